The zero-order valence-corrected chi connectivity index (χ0v) is 35.9. The summed E-state index contributed by atoms with van der Waals surface area (Å²) in [4.78, 5) is 37.4. The van der Waals surface area contributed by atoms with E-state index in [1.54, 1.807) is 0 Å². The Morgan fingerprint density at radius 2 is 1.44 bits per heavy atom. The molecule has 6 rings (SSSR count). The van der Waals surface area contributed by atoms with E-state index in [9.17, 15) is 19.5 Å². The smallest absolute Gasteiger partial charge is 0.870 e. The van der Waals surface area contributed by atoms with Crippen molar-refractivity contribution in [3.8, 4) is 0 Å². The molecule has 6 fully saturated rings. The molecule has 0 aliphatic heterocycles. The minimum Gasteiger partial charge on any atom is -0.870 e. The average molecular weight is 674 g/mol. The first kappa shape index (κ1) is 41.0. The van der Waals surface area contributed by atoms with Gasteiger partial charge in [0, 0.05) is 16.8 Å². The Morgan fingerprint density at radius 1 is 0.822 bits per heavy atom. The summed E-state index contributed by atoms with van der Waals surface area (Å²) in [6.07, 6.45) is 12.6. The van der Waals surface area contributed by atoms with E-state index in [1.165, 1.54) is 6.42 Å². The summed E-state index contributed by atoms with van der Waals surface area (Å²) in [6.45, 7) is 20.2. The number of allylic oxidation sites excluding steroid dienone is 1. The molecule has 0 aromatic heterocycles. The molecule has 8 heteroatoms. The fourth-order valence-electron chi connectivity index (χ4n) is 13.1. The van der Waals surface area contributed by atoms with E-state index in [0.717, 1.165) is 63.4 Å². The molecular formula is C37H55K2O6-. The van der Waals surface area contributed by atoms with Gasteiger partial charge in [0.2, 0.25) is 0 Å². The van der Waals surface area contributed by atoms with Crippen molar-refractivity contribution in [3.05, 3.63) is 12.2 Å². The number of fused-ring (bicyclic) bond motifs is 7. The summed E-state index contributed by atoms with van der Waals surface area (Å²) in [5.41, 5.74) is 0.352. The standard InChI is InChI=1S/C37H55O5.2K.H2O/c1-21(2)23-11-17-37(32(40)41)18-12-25-24(30(23)37)9-10-28-35(25,7)15-13-27-34(5,6)29(14-16-36(27,28)8)42-31(39)26-19-22(20-38)33(26,3)4;;;/h22-30H,1,9-19H2,2-8H3,(H,40,41);;;1H2/q-1;2*+1;/p-2/t22-,23+,24?,25?,26+,27?,28?,29+,30?,35+,36+,37?;;;/m1.../s1. The molecule has 0 radical (unpaired) electrons. The topological polar surface area (TPSA) is 114 Å². The van der Waals surface area contributed by atoms with Crippen LogP contribution in [0, 0.1) is 74.4 Å². The van der Waals surface area contributed by atoms with E-state index in [4.69, 9.17) is 4.74 Å². The Hall–Kier alpha value is 1.58. The Labute approximate surface area is 357 Å². The van der Waals surface area contributed by atoms with Crippen molar-refractivity contribution < 1.29 is 132 Å². The fourth-order valence-corrected chi connectivity index (χ4v) is 13.1. The van der Waals surface area contributed by atoms with Gasteiger partial charge in [-0.25, -0.2) is 0 Å². The van der Waals surface area contributed by atoms with E-state index in [2.05, 4.69) is 47.5 Å². The van der Waals surface area contributed by atoms with Gasteiger partial charge in [-0.05, 0) is 123 Å². The molecule has 0 saturated heterocycles. The third-order valence-corrected chi connectivity index (χ3v) is 15.5. The van der Waals surface area contributed by atoms with Crippen LogP contribution in [0.3, 0.4) is 0 Å². The minimum atomic E-state index is -0.808. The summed E-state index contributed by atoms with van der Waals surface area (Å²) in [5.74, 6) is 1.17. The number of carbonyl (C=O) groups is 2. The summed E-state index contributed by atoms with van der Waals surface area (Å²) >= 11 is 0. The second-order valence-corrected chi connectivity index (χ2v) is 17.6. The van der Waals surface area contributed by atoms with E-state index >= 15 is 0 Å². The van der Waals surface area contributed by atoms with Crippen molar-refractivity contribution in [3.63, 3.8) is 0 Å². The molecule has 1 N–H and O–H groups in total. The number of carbonyl (C=O) groups excluding carboxylic acids is 3. The molecule has 6 nitrogen and oxygen atoms in total. The number of hydrogen-bond donors (Lipinski definition) is 0. The maximum atomic E-state index is 13.4. The molecule has 242 valence electrons. The van der Waals surface area contributed by atoms with Crippen LogP contribution in [0.5, 0.6) is 0 Å². The van der Waals surface area contributed by atoms with E-state index < -0.39 is 11.4 Å². The molecule has 6 aliphatic rings. The monoisotopic (exact) mass is 673 g/mol. The molecule has 0 amide bonds. The maximum Gasteiger partial charge on any atom is 1.00 e. The van der Waals surface area contributed by atoms with Gasteiger partial charge in [0.05, 0.1) is 5.92 Å². The Bertz CT molecular complexity index is 1180. The van der Waals surface area contributed by atoms with Gasteiger partial charge in [-0.2, -0.15) is 0 Å². The molecule has 6 saturated carbocycles. The van der Waals surface area contributed by atoms with E-state index in [-0.39, 0.29) is 160 Å². The number of esters is 1. The van der Waals surface area contributed by atoms with E-state index in [0.29, 0.717) is 36.0 Å². The van der Waals surface area contributed by atoms with Crippen LogP contribution in [0.25, 0.3) is 0 Å². The SMILES string of the molecule is C=C(C)[C@@H]1CCC2(C(=O)[O-])CCC3C(CCC4[C@@]3(C)CCC3C(C)(C)[C@@H](OC(=O)[C@@H]5C[C@H]([C-]=O)C5(C)C)CC[C@@]34C)C12.[K+].[K+].[OH-]. The minimum absolute atomic E-state index is 0. The Kier molecular flexibility index (Phi) is 12.7. The van der Waals surface area contributed by atoms with Crippen LogP contribution in [-0.4, -0.2) is 29.8 Å². The van der Waals surface area contributed by atoms with Crippen LogP contribution in [0.4, 0.5) is 0 Å². The van der Waals surface area contributed by atoms with Crippen LogP contribution < -0.4 is 108 Å². The number of ether oxygens (including phenoxy) is 1. The summed E-state index contributed by atoms with van der Waals surface area (Å²) in [7, 11) is 0. The number of rotatable bonds is 5. The first-order chi connectivity index (χ1) is 19.6. The van der Waals surface area contributed by atoms with Gasteiger partial charge in [-0.15, -0.1) is 5.92 Å². The van der Waals surface area contributed by atoms with Gasteiger partial charge >= 0.3 is 109 Å². The largest absolute Gasteiger partial charge is 1.00 e. The Balaban J connectivity index is 0.00000184. The molecule has 0 spiro atoms. The van der Waals surface area contributed by atoms with Crippen LogP contribution in [-0.2, 0) is 19.1 Å². The van der Waals surface area contributed by atoms with E-state index in [1.807, 2.05) is 13.8 Å². The van der Waals surface area contributed by atoms with Gasteiger partial charge in [0.25, 0.3) is 0 Å². The zero-order chi connectivity index (χ0) is 30.6. The molecule has 6 unspecified atom stereocenters. The molecule has 12 atom stereocenters. The Morgan fingerprint density at radius 3 is 2.02 bits per heavy atom. The van der Waals surface area contributed by atoms with Crippen LogP contribution >= 0.6 is 0 Å². The number of hydrogen-bond acceptors (Lipinski definition) is 6. The van der Waals surface area contributed by atoms with Crippen molar-refractivity contribution in [2.75, 3.05) is 0 Å². The zero-order valence-electron chi connectivity index (χ0n) is 29.7. The molecule has 0 heterocycles. The van der Waals surface area contributed by atoms with Gasteiger partial charge < -0.3 is 24.9 Å². The van der Waals surface area contributed by atoms with Gasteiger partial charge in [-0.3, -0.25) is 11.1 Å². The number of carboxylic acid groups (broad SMARTS) is 1. The van der Waals surface area contributed by atoms with Crippen LogP contribution in [0.1, 0.15) is 119 Å². The van der Waals surface area contributed by atoms with Crippen LogP contribution in [0.15, 0.2) is 12.2 Å². The first-order valence-electron chi connectivity index (χ1n) is 17.0. The molecule has 0 aromatic rings. The maximum absolute atomic E-state index is 13.4. The van der Waals surface area contributed by atoms with Gasteiger partial charge in [0.1, 0.15) is 6.10 Å². The second-order valence-electron chi connectivity index (χ2n) is 17.6. The van der Waals surface area contributed by atoms with Crippen molar-refractivity contribution in [1.82, 2.24) is 0 Å². The third kappa shape index (κ3) is 5.95. The first-order valence-corrected chi connectivity index (χ1v) is 17.0. The second kappa shape index (κ2) is 14.0. The van der Waals surface area contributed by atoms with Crippen molar-refractivity contribution >= 4 is 18.2 Å². The summed E-state index contributed by atoms with van der Waals surface area (Å²) in [6, 6.07) is 0. The number of aliphatic carboxylic acids is 1. The predicted molar refractivity (Wildman–Crippen MR) is 162 cm³/mol. The normalized spacial score (nSPS) is 46.8. The third-order valence-electron chi connectivity index (χ3n) is 15.5. The van der Waals surface area contributed by atoms with Crippen molar-refractivity contribution in [2.45, 2.75) is 125 Å². The predicted octanol–water partition coefficient (Wildman–Crippen LogP) is 0.519. The quantitative estimate of drug-likeness (QED) is 0.182. The molecular weight excluding hydrogens is 619 g/mol. The van der Waals surface area contributed by atoms with Crippen molar-refractivity contribution in [2.24, 2.45) is 74.4 Å². The fraction of sp³-hybridized carbons (Fsp3) is 0.865. The molecule has 6 aliphatic carbocycles. The van der Waals surface area contributed by atoms with Crippen LogP contribution in [0.2, 0.25) is 0 Å². The van der Waals surface area contributed by atoms with Gasteiger partial charge in [-0.1, -0.05) is 60.1 Å². The summed E-state index contributed by atoms with van der Waals surface area (Å²) < 4.78 is 6.36. The molecule has 0 bridgehead atoms. The average Bonchev–Trinajstić information content (AvgIpc) is 3.32. The molecule has 0 aromatic carbocycles. The number of carboxylic acids is 1. The molecule has 45 heavy (non-hydrogen) atoms. The van der Waals surface area contributed by atoms with Gasteiger partial charge in [0.15, 0.2) is 0 Å². The summed E-state index contributed by atoms with van der Waals surface area (Å²) in [5, 5.41) is 12.7. The van der Waals surface area contributed by atoms with Crippen molar-refractivity contribution in [1.29, 1.82) is 0 Å².